The van der Waals surface area contributed by atoms with E-state index in [-0.39, 0.29) is 12.2 Å². The number of alkyl halides is 2. The van der Waals surface area contributed by atoms with E-state index in [4.69, 9.17) is 14.2 Å². The maximum absolute atomic E-state index is 13.8. The summed E-state index contributed by atoms with van der Waals surface area (Å²) in [7, 11) is 1.67. The number of amides is 3. The molecule has 2 spiro atoms. The molecule has 0 aromatic heterocycles. The summed E-state index contributed by atoms with van der Waals surface area (Å²) in [5.74, 6) is -0.000644. The Labute approximate surface area is 191 Å². The second kappa shape index (κ2) is 8.51. The van der Waals surface area contributed by atoms with Crippen molar-refractivity contribution in [2.24, 2.45) is 5.41 Å². The quantitative estimate of drug-likeness (QED) is 0.653. The number of carbonyl (C=O) groups is 2. The molecular weight excluding hydrogens is 434 g/mol. The van der Waals surface area contributed by atoms with Crippen molar-refractivity contribution in [3.8, 4) is 5.75 Å². The SMILES string of the molecule is COC1CCC2(CC1)Cc1ccc(OCC3CCCO3)cc1C21NC(=O)N(CC(F)F)C1=O. The van der Waals surface area contributed by atoms with Crippen molar-refractivity contribution in [1.82, 2.24) is 10.2 Å². The van der Waals surface area contributed by atoms with Crippen molar-refractivity contribution >= 4 is 11.9 Å². The van der Waals surface area contributed by atoms with Gasteiger partial charge in [-0.2, -0.15) is 0 Å². The Morgan fingerprint density at radius 2 is 2.03 bits per heavy atom. The summed E-state index contributed by atoms with van der Waals surface area (Å²) >= 11 is 0. The van der Waals surface area contributed by atoms with Crippen LogP contribution in [0.25, 0.3) is 0 Å². The normalized spacial score (nSPS) is 33.4. The summed E-state index contributed by atoms with van der Waals surface area (Å²) < 4.78 is 43.6. The van der Waals surface area contributed by atoms with Crippen molar-refractivity contribution in [3.63, 3.8) is 0 Å². The smallest absolute Gasteiger partial charge is 0.325 e. The van der Waals surface area contributed by atoms with Crippen LogP contribution in [0, 0.1) is 5.41 Å². The van der Waals surface area contributed by atoms with Gasteiger partial charge in [0.25, 0.3) is 12.3 Å². The maximum atomic E-state index is 13.8. The number of imide groups is 1. The molecule has 0 bridgehead atoms. The zero-order chi connectivity index (χ0) is 23.2. The highest BCUT2D eigenvalue weighted by molar-refractivity contribution is 6.09. The highest BCUT2D eigenvalue weighted by Crippen LogP contribution is 2.60. The highest BCUT2D eigenvalue weighted by Gasteiger charge is 2.68. The Bertz CT molecular complexity index is 927. The molecule has 1 aromatic rings. The molecule has 9 heteroatoms. The van der Waals surface area contributed by atoms with E-state index < -0.39 is 35.9 Å². The molecule has 0 radical (unpaired) electrons. The average molecular weight is 465 g/mol. The van der Waals surface area contributed by atoms with Crippen molar-refractivity contribution in [3.05, 3.63) is 29.3 Å². The van der Waals surface area contributed by atoms with E-state index in [0.717, 1.165) is 37.9 Å². The van der Waals surface area contributed by atoms with Crippen molar-refractivity contribution < 1.29 is 32.6 Å². The van der Waals surface area contributed by atoms with Crippen LogP contribution in [0.2, 0.25) is 0 Å². The molecule has 7 nitrogen and oxygen atoms in total. The van der Waals surface area contributed by atoms with Crippen molar-refractivity contribution in [1.29, 1.82) is 0 Å². The summed E-state index contributed by atoms with van der Waals surface area (Å²) in [5, 5.41) is 2.89. The van der Waals surface area contributed by atoms with Crippen LogP contribution in [0.15, 0.2) is 18.2 Å². The fraction of sp³-hybridized carbons (Fsp3) is 0.667. The van der Waals surface area contributed by atoms with Crippen molar-refractivity contribution in [2.75, 3.05) is 26.9 Å². The van der Waals surface area contributed by atoms with E-state index in [0.29, 0.717) is 42.1 Å². The van der Waals surface area contributed by atoms with Gasteiger partial charge < -0.3 is 19.5 Å². The fourth-order valence-electron chi connectivity index (χ4n) is 6.25. The molecule has 3 fully saturated rings. The van der Waals surface area contributed by atoms with Crippen LogP contribution in [0.3, 0.4) is 0 Å². The van der Waals surface area contributed by atoms with Gasteiger partial charge in [0.15, 0.2) is 5.54 Å². The van der Waals surface area contributed by atoms with E-state index in [2.05, 4.69) is 5.32 Å². The Morgan fingerprint density at radius 1 is 1.24 bits per heavy atom. The lowest BCUT2D eigenvalue weighted by molar-refractivity contribution is -0.139. The number of benzene rings is 1. The zero-order valence-corrected chi connectivity index (χ0v) is 18.8. The summed E-state index contributed by atoms with van der Waals surface area (Å²) in [4.78, 5) is 27.3. The van der Waals surface area contributed by atoms with E-state index >= 15 is 0 Å². The molecular formula is C24H30F2N2O5. The van der Waals surface area contributed by atoms with Crippen LogP contribution >= 0.6 is 0 Å². The number of methoxy groups -OCH3 is 1. The molecule has 1 aromatic carbocycles. The van der Waals surface area contributed by atoms with E-state index in [1.165, 1.54) is 0 Å². The molecule has 2 unspecified atom stereocenters. The Kier molecular flexibility index (Phi) is 5.81. The monoisotopic (exact) mass is 464 g/mol. The van der Waals surface area contributed by atoms with Crippen LogP contribution in [0.1, 0.15) is 49.7 Å². The third kappa shape index (κ3) is 3.60. The van der Waals surface area contributed by atoms with Crippen LogP contribution in [0.5, 0.6) is 5.75 Å². The first-order valence-electron chi connectivity index (χ1n) is 11.7. The number of carbonyl (C=O) groups excluding carboxylic acids is 2. The van der Waals surface area contributed by atoms with Gasteiger partial charge in [-0.05, 0) is 68.2 Å². The fourth-order valence-corrected chi connectivity index (χ4v) is 6.25. The molecule has 2 heterocycles. The zero-order valence-electron chi connectivity index (χ0n) is 18.8. The van der Waals surface area contributed by atoms with Gasteiger partial charge in [0, 0.05) is 19.1 Å². The molecule has 5 rings (SSSR count). The van der Waals surface area contributed by atoms with E-state index in [1.807, 2.05) is 18.2 Å². The first kappa shape index (κ1) is 22.5. The number of ether oxygens (including phenoxy) is 3. The van der Waals surface area contributed by atoms with Crippen LogP contribution in [-0.2, 0) is 26.2 Å². The highest BCUT2D eigenvalue weighted by atomic mass is 19.3. The Morgan fingerprint density at radius 3 is 2.70 bits per heavy atom. The second-order valence-corrected chi connectivity index (χ2v) is 9.64. The molecule has 1 saturated carbocycles. The standard InChI is InChI=1S/C24H30F2N2O5/c1-31-16-6-8-23(9-7-16)12-15-4-5-17(33-14-18-3-2-10-32-18)11-19(15)24(23)21(29)28(13-20(25)26)22(30)27-24/h4-5,11,16,18,20H,2-3,6-10,12-14H2,1H3,(H,27,30). The summed E-state index contributed by atoms with van der Waals surface area (Å²) in [5.41, 5.74) is -0.335. The number of fused-ring (bicyclic) bond motifs is 3. The number of halogens is 2. The minimum atomic E-state index is -2.79. The summed E-state index contributed by atoms with van der Waals surface area (Å²) in [6.07, 6.45) is 2.67. The average Bonchev–Trinajstić information content (AvgIpc) is 3.47. The van der Waals surface area contributed by atoms with Gasteiger partial charge in [-0.1, -0.05) is 6.07 Å². The predicted molar refractivity (Wildman–Crippen MR) is 114 cm³/mol. The largest absolute Gasteiger partial charge is 0.491 e. The van der Waals surface area contributed by atoms with Crippen LogP contribution in [-0.4, -0.2) is 62.3 Å². The molecule has 4 aliphatic rings. The maximum Gasteiger partial charge on any atom is 0.325 e. The number of hydrogen-bond donors (Lipinski definition) is 1. The molecule has 2 saturated heterocycles. The molecule has 2 aliphatic heterocycles. The third-order valence-electron chi connectivity index (χ3n) is 7.92. The molecule has 33 heavy (non-hydrogen) atoms. The van der Waals surface area contributed by atoms with Gasteiger partial charge in [-0.3, -0.25) is 9.69 Å². The first-order valence-corrected chi connectivity index (χ1v) is 11.7. The number of urea groups is 1. The predicted octanol–water partition coefficient (Wildman–Crippen LogP) is 3.39. The van der Waals surface area contributed by atoms with Crippen molar-refractivity contribution in [2.45, 2.75) is 69.1 Å². The first-order chi connectivity index (χ1) is 15.9. The molecule has 3 amide bonds. The minimum Gasteiger partial charge on any atom is -0.491 e. The molecule has 1 N–H and O–H groups in total. The second-order valence-electron chi connectivity index (χ2n) is 9.64. The lowest BCUT2D eigenvalue weighted by atomic mass is 9.61. The van der Waals surface area contributed by atoms with E-state index in [9.17, 15) is 18.4 Å². The number of rotatable bonds is 6. The van der Waals surface area contributed by atoms with E-state index in [1.54, 1.807) is 7.11 Å². The van der Waals surface area contributed by atoms with Gasteiger partial charge in [-0.25, -0.2) is 13.6 Å². The van der Waals surface area contributed by atoms with Gasteiger partial charge in [0.1, 0.15) is 12.4 Å². The Hall–Kier alpha value is -2.26. The number of nitrogens with one attached hydrogen (secondary N) is 1. The number of nitrogens with zero attached hydrogens (tertiary/aromatic N) is 1. The number of hydrogen-bond acceptors (Lipinski definition) is 5. The summed E-state index contributed by atoms with van der Waals surface area (Å²) in [6.45, 7) is 0.227. The van der Waals surface area contributed by atoms with Crippen LogP contribution in [0.4, 0.5) is 13.6 Å². The molecule has 2 aliphatic carbocycles. The van der Waals surface area contributed by atoms with Gasteiger partial charge in [-0.15, -0.1) is 0 Å². The lowest BCUT2D eigenvalue weighted by Crippen LogP contribution is -2.57. The third-order valence-corrected chi connectivity index (χ3v) is 7.92. The minimum absolute atomic E-state index is 0.0391. The lowest BCUT2D eigenvalue weighted by Gasteiger charge is -2.46. The molecule has 180 valence electrons. The van der Waals surface area contributed by atoms with Gasteiger partial charge in [0.2, 0.25) is 0 Å². The Balaban J connectivity index is 1.51. The molecule has 2 atom stereocenters. The van der Waals surface area contributed by atoms with Gasteiger partial charge >= 0.3 is 6.03 Å². The van der Waals surface area contributed by atoms with Crippen LogP contribution < -0.4 is 10.1 Å². The summed E-state index contributed by atoms with van der Waals surface area (Å²) in [6, 6.07) is 4.87. The van der Waals surface area contributed by atoms with Gasteiger partial charge in [0.05, 0.1) is 18.8 Å². The topological polar surface area (TPSA) is 77.1 Å².